The third-order valence-corrected chi connectivity index (χ3v) is 6.04. The van der Waals surface area contributed by atoms with Crippen molar-refractivity contribution in [1.82, 2.24) is 0 Å². The van der Waals surface area contributed by atoms with Crippen LogP contribution in [-0.2, 0) is 31.9 Å². The summed E-state index contributed by atoms with van der Waals surface area (Å²) in [6.07, 6.45) is 4.53. The summed E-state index contributed by atoms with van der Waals surface area (Å²) >= 11 is 0. The van der Waals surface area contributed by atoms with E-state index in [0.717, 1.165) is 16.7 Å². The monoisotopic (exact) mass is 568 g/mol. The van der Waals surface area contributed by atoms with Crippen molar-refractivity contribution < 1.29 is 38.1 Å². The molecule has 0 saturated carbocycles. The van der Waals surface area contributed by atoms with Crippen LogP contribution in [0, 0.1) is 10.8 Å². The first-order chi connectivity index (χ1) is 19.2. The predicted molar refractivity (Wildman–Crippen MR) is 158 cm³/mol. The molecule has 0 radical (unpaired) electrons. The van der Waals surface area contributed by atoms with Crippen molar-refractivity contribution in [2.75, 3.05) is 20.2 Å². The molecule has 8 nitrogen and oxygen atoms in total. The standard InChI is InChI=1S/C33H44O8/c1-10-22-19-24(29(37-12-3)26(11-2)28(22)39-21-41-31(36)33(7,8)9)15-18-27(34)23-13-16-25(17-14-23)38-20-40-30(35)32(4,5)6/h13-19H,10-12,20-21H2,1-9H3. The number of hydrogen-bond donors (Lipinski definition) is 0. The molecule has 0 atom stereocenters. The Morgan fingerprint density at radius 3 is 1.78 bits per heavy atom. The second-order valence-corrected chi connectivity index (χ2v) is 11.5. The Morgan fingerprint density at radius 2 is 1.29 bits per heavy atom. The van der Waals surface area contributed by atoms with Crippen molar-refractivity contribution in [2.24, 2.45) is 10.8 Å². The van der Waals surface area contributed by atoms with Gasteiger partial charge in [-0.15, -0.1) is 0 Å². The quantitative estimate of drug-likeness (QED) is 0.111. The Kier molecular flexibility index (Phi) is 12.0. The zero-order chi connectivity index (χ0) is 30.8. The molecule has 0 unspecified atom stereocenters. The first-order valence-electron chi connectivity index (χ1n) is 14.0. The van der Waals surface area contributed by atoms with Crippen molar-refractivity contribution in [3.8, 4) is 17.2 Å². The van der Waals surface area contributed by atoms with E-state index in [1.165, 1.54) is 6.08 Å². The maximum Gasteiger partial charge on any atom is 0.314 e. The fraction of sp³-hybridized carbons (Fsp3) is 0.485. The minimum absolute atomic E-state index is 0.191. The predicted octanol–water partition coefficient (Wildman–Crippen LogP) is 6.96. The van der Waals surface area contributed by atoms with E-state index in [0.29, 0.717) is 42.3 Å². The lowest BCUT2D eigenvalue weighted by Gasteiger charge is -2.21. The van der Waals surface area contributed by atoms with Gasteiger partial charge in [0.2, 0.25) is 13.6 Å². The Labute approximate surface area is 244 Å². The molecule has 0 aliphatic carbocycles. The van der Waals surface area contributed by atoms with Gasteiger partial charge in [-0.05, 0) is 109 Å². The van der Waals surface area contributed by atoms with Crippen molar-refractivity contribution in [3.63, 3.8) is 0 Å². The SMILES string of the molecule is CCOc1c(C=CC(=O)c2ccc(OCOC(=O)C(C)(C)C)cc2)cc(CC)c(OCOC(=O)C(C)(C)C)c1CC. The summed E-state index contributed by atoms with van der Waals surface area (Å²) in [7, 11) is 0. The zero-order valence-corrected chi connectivity index (χ0v) is 25.8. The van der Waals surface area contributed by atoms with Gasteiger partial charge < -0.3 is 23.7 Å². The molecule has 0 bridgehead atoms. The van der Waals surface area contributed by atoms with E-state index in [-0.39, 0.29) is 31.3 Å². The first kappa shape index (κ1) is 33.4. The third kappa shape index (κ3) is 9.66. The van der Waals surface area contributed by atoms with E-state index in [1.807, 2.05) is 26.8 Å². The molecule has 0 fully saturated rings. The molecule has 0 aliphatic rings. The van der Waals surface area contributed by atoms with Gasteiger partial charge in [-0.3, -0.25) is 14.4 Å². The molecule has 0 spiro atoms. The van der Waals surface area contributed by atoms with Crippen LogP contribution in [0.2, 0.25) is 0 Å². The van der Waals surface area contributed by atoms with Crippen LogP contribution in [0.1, 0.15) is 89.4 Å². The smallest absolute Gasteiger partial charge is 0.314 e. The van der Waals surface area contributed by atoms with Crippen LogP contribution in [0.5, 0.6) is 17.2 Å². The largest absolute Gasteiger partial charge is 0.493 e. The molecular formula is C33H44O8. The molecule has 2 rings (SSSR count). The van der Waals surface area contributed by atoms with E-state index < -0.39 is 10.8 Å². The van der Waals surface area contributed by atoms with Gasteiger partial charge in [0, 0.05) is 16.7 Å². The zero-order valence-electron chi connectivity index (χ0n) is 25.8. The molecule has 224 valence electrons. The molecule has 2 aromatic carbocycles. The molecule has 0 aromatic heterocycles. The topological polar surface area (TPSA) is 97.4 Å². The molecule has 8 heteroatoms. The average molecular weight is 569 g/mol. The van der Waals surface area contributed by atoms with Crippen molar-refractivity contribution >= 4 is 23.8 Å². The Bertz CT molecular complexity index is 1230. The van der Waals surface area contributed by atoms with Crippen LogP contribution < -0.4 is 14.2 Å². The van der Waals surface area contributed by atoms with Crippen LogP contribution >= 0.6 is 0 Å². The first-order valence-corrected chi connectivity index (χ1v) is 14.0. The number of esters is 2. The van der Waals surface area contributed by atoms with Crippen LogP contribution in [0.25, 0.3) is 6.08 Å². The molecule has 0 amide bonds. The number of benzene rings is 2. The highest BCUT2D eigenvalue weighted by Crippen LogP contribution is 2.38. The highest BCUT2D eigenvalue weighted by molar-refractivity contribution is 6.07. The molecule has 41 heavy (non-hydrogen) atoms. The molecule has 0 heterocycles. The van der Waals surface area contributed by atoms with E-state index in [4.69, 9.17) is 23.7 Å². The number of hydrogen-bond acceptors (Lipinski definition) is 8. The summed E-state index contributed by atoms with van der Waals surface area (Å²) in [6.45, 7) is 16.6. The summed E-state index contributed by atoms with van der Waals surface area (Å²) in [6, 6.07) is 8.55. The maximum absolute atomic E-state index is 13.0. The number of aryl methyl sites for hydroxylation is 1. The van der Waals surface area contributed by atoms with E-state index in [9.17, 15) is 14.4 Å². The lowest BCUT2D eigenvalue weighted by Crippen LogP contribution is -2.25. The van der Waals surface area contributed by atoms with E-state index in [2.05, 4.69) is 0 Å². The number of allylic oxidation sites excluding steroid dienone is 1. The summed E-state index contributed by atoms with van der Waals surface area (Å²) < 4.78 is 27.9. The van der Waals surface area contributed by atoms with Crippen LogP contribution in [0.3, 0.4) is 0 Å². The fourth-order valence-corrected chi connectivity index (χ4v) is 3.70. The van der Waals surface area contributed by atoms with E-state index in [1.54, 1.807) is 71.9 Å². The van der Waals surface area contributed by atoms with Crippen LogP contribution in [0.15, 0.2) is 36.4 Å². The molecular weight excluding hydrogens is 524 g/mol. The van der Waals surface area contributed by atoms with Gasteiger partial charge in [0.25, 0.3) is 0 Å². The lowest BCUT2D eigenvalue weighted by atomic mass is 9.97. The number of ether oxygens (including phenoxy) is 5. The minimum Gasteiger partial charge on any atom is -0.493 e. The molecule has 0 N–H and O–H groups in total. The van der Waals surface area contributed by atoms with Gasteiger partial charge in [-0.2, -0.15) is 0 Å². The Hall–Kier alpha value is -3.81. The summed E-state index contributed by atoms with van der Waals surface area (Å²) in [5.41, 5.74) is 1.75. The third-order valence-electron chi connectivity index (χ3n) is 6.04. The Morgan fingerprint density at radius 1 is 0.732 bits per heavy atom. The summed E-state index contributed by atoms with van der Waals surface area (Å²) in [4.78, 5) is 37.0. The maximum atomic E-state index is 13.0. The van der Waals surface area contributed by atoms with Gasteiger partial charge in [0.1, 0.15) is 17.2 Å². The van der Waals surface area contributed by atoms with Crippen molar-refractivity contribution in [1.29, 1.82) is 0 Å². The van der Waals surface area contributed by atoms with Crippen LogP contribution in [-0.4, -0.2) is 37.9 Å². The number of rotatable bonds is 13. The van der Waals surface area contributed by atoms with Gasteiger partial charge >= 0.3 is 11.9 Å². The van der Waals surface area contributed by atoms with Gasteiger partial charge in [0.05, 0.1) is 17.4 Å². The Balaban J connectivity index is 2.22. The van der Waals surface area contributed by atoms with Gasteiger partial charge in [-0.1, -0.05) is 13.8 Å². The summed E-state index contributed by atoms with van der Waals surface area (Å²) in [5, 5.41) is 0. The minimum atomic E-state index is -0.628. The fourth-order valence-electron chi connectivity index (χ4n) is 3.70. The van der Waals surface area contributed by atoms with Crippen molar-refractivity contribution in [3.05, 3.63) is 58.7 Å². The van der Waals surface area contributed by atoms with Crippen LogP contribution in [0.4, 0.5) is 0 Å². The number of carbonyl (C=O) groups excluding carboxylic acids is 3. The molecule has 0 aliphatic heterocycles. The number of carbonyl (C=O) groups is 3. The summed E-state index contributed by atoms with van der Waals surface area (Å²) in [5.74, 6) is 0.843. The van der Waals surface area contributed by atoms with E-state index >= 15 is 0 Å². The second kappa shape index (κ2) is 14.7. The molecule has 2 aromatic rings. The normalized spacial score (nSPS) is 11.7. The lowest BCUT2D eigenvalue weighted by molar-refractivity contribution is -0.160. The highest BCUT2D eigenvalue weighted by atomic mass is 16.7. The highest BCUT2D eigenvalue weighted by Gasteiger charge is 2.25. The molecule has 0 saturated heterocycles. The van der Waals surface area contributed by atoms with Crippen molar-refractivity contribution in [2.45, 2.75) is 75.2 Å². The second-order valence-electron chi connectivity index (χ2n) is 11.5. The van der Waals surface area contributed by atoms with Gasteiger partial charge in [-0.25, -0.2) is 0 Å². The average Bonchev–Trinajstić information content (AvgIpc) is 2.91. The number of ketones is 1. The van der Waals surface area contributed by atoms with Gasteiger partial charge in [0.15, 0.2) is 5.78 Å².